The highest BCUT2D eigenvalue weighted by Gasteiger charge is 1.94. The van der Waals surface area contributed by atoms with Crippen molar-refractivity contribution in [2.24, 2.45) is 5.73 Å². The third-order valence-electron chi connectivity index (χ3n) is 1.40. The molecule has 7 heteroatoms. The van der Waals surface area contributed by atoms with E-state index in [0.29, 0.717) is 0 Å². The van der Waals surface area contributed by atoms with Crippen molar-refractivity contribution in [2.45, 2.75) is 19.4 Å². The topological polar surface area (TPSA) is 101 Å². The van der Waals surface area contributed by atoms with Crippen LogP contribution in [0.5, 0.6) is 0 Å². The molecule has 0 saturated carbocycles. The molecule has 0 aromatic heterocycles. The minimum Gasteiger partial charge on any atom is -0.328 e. The van der Waals surface area contributed by atoms with Gasteiger partial charge in [-0.1, -0.05) is 30.3 Å². The normalized spacial score (nSPS) is 11.8. The summed E-state index contributed by atoms with van der Waals surface area (Å²) in [6, 6.07) is 10.6. The summed E-state index contributed by atoms with van der Waals surface area (Å²) in [5.41, 5.74) is 6.94. The van der Waals surface area contributed by atoms with Crippen molar-refractivity contribution in [3.05, 3.63) is 35.9 Å². The van der Waals surface area contributed by atoms with Crippen molar-refractivity contribution in [1.82, 2.24) is 0 Å². The van der Waals surface area contributed by atoms with Gasteiger partial charge in [-0.3, -0.25) is 9.11 Å². The van der Waals surface area contributed by atoms with Crippen LogP contribution in [0.2, 0.25) is 0 Å². The van der Waals surface area contributed by atoms with E-state index in [1.165, 1.54) is 5.56 Å². The molecule has 16 heavy (non-hydrogen) atoms. The molecule has 90 valence electrons. The molecule has 0 radical (unpaired) electrons. The summed E-state index contributed by atoms with van der Waals surface area (Å²) in [7, 11) is -4.67. The summed E-state index contributed by atoms with van der Waals surface area (Å²) >= 11 is 0. The van der Waals surface area contributed by atoms with Gasteiger partial charge in [0.25, 0.3) is 0 Å². The molecule has 0 unspecified atom stereocenters. The Kier molecular flexibility index (Phi) is 10.1. The van der Waals surface area contributed by atoms with E-state index in [9.17, 15) is 0 Å². The van der Waals surface area contributed by atoms with E-state index >= 15 is 0 Å². The number of hydrogen-bond acceptors (Lipinski definition) is 3. The minimum atomic E-state index is -4.67. The van der Waals surface area contributed by atoms with Gasteiger partial charge in [0, 0.05) is 6.04 Å². The van der Waals surface area contributed by atoms with Gasteiger partial charge in [-0.15, -0.1) is 0 Å². The lowest BCUT2D eigenvalue weighted by Gasteiger charge is -2.02. The summed E-state index contributed by atoms with van der Waals surface area (Å²) in [4.78, 5) is 0. The van der Waals surface area contributed by atoms with E-state index in [-0.39, 0.29) is 29.1 Å². The van der Waals surface area contributed by atoms with Crippen LogP contribution in [0.1, 0.15) is 12.5 Å². The molecule has 1 atom stereocenters. The van der Waals surface area contributed by atoms with Gasteiger partial charge in [-0.05, 0) is 18.9 Å². The van der Waals surface area contributed by atoms with Crippen LogP contribution >= 0.6 is 0 Å². The first-order valence-corrected chi connectivity index (χ1v) is 5.68. The quantitative estimate of drug-likeness (QED) is 0.513. The van der Waals surface area contributed by atoms with Crippen molar-refractivity contribution in [1.29, 1.82) is 0 Å². The minimum absolute atomic E-state index is 0. The third-order valence-corrected chi connectivity index (χ3v) is 1.40. The summed E-state index contributed by atoms with van der Waals surface area (Å²) < 4.78 is 31.6. The largest absolute Gasteiger partial charge is 0.394 e. The predicted molar refractivity (Wildman–Crippen MR) is 66.5 cm³/mol. The highest BCUT2D eigenvalue weighted by molar-refractivity contribution is 7.79. The fourth-order valence-corrected chi connectivity index (χ4v) is 0.986. The van der Waals surface area contributed by atoms with Crippen LogP contribution in [0.3, 0.4) is 0 Å². The summed E-state index contributed by atoms with van der Waals surface area (Å²) in [5, 5.41) is 0. The first-order chi connectivity index (χ1) is 6.79. The van der Waals surface area contributed by atoms with Gasteiger partial charge in [0.1, 0.15) is 0 Å². The lowest BCUT2D eigenvalue weighted by Crippen LogP contribution is -2.17. The highest BCUT2D eigenvalue weighted by atomic mass is 32.3. The molecule has 1 aromatic carbocycles. The van der Waals surface area contributed by atoms with Crippen LogP contribution in [0.15, 0.2) is 30.3 Å². The molecule has 0 aliphatic rings. The fraction of sp³-hybridized carbons (Fsp3) is 0.333. The molecular formula is C9H17MgNO4S. The molecule has 5 nitrogen and oxygen atoms in total. The summed E-state index contributed by atoms with van der Waals surface area (Å²) in [6.45, 7) is 2.02. The van der Waals surface area contributed by atoms with Crippen LogP contribution in [0.25, 0.3) is 0 Å². The maximum atomic E-state index is 8.74. The molecule has 0 bridgehead atoms. The van der Waals surface area contributed by atoms with E-state index in [1.54, 1.807) is 0 Å². The van der Waals surface area contributed by atoms with Crippen molar-refractivity contribution >= 4 is 33.5 Å². The van der Waals surface area contributed by atoms with Crippen molar-refractivity contribution in [2.75, 3.05) is 0 Å². The van der Waals surface area contributed by atoms with E-state index in [0.717, 1.165) is 6.42 Å². The Morgan fingerprint density at radius 2 is 1.62 bits per heavy atom. The molecule has 0 heterocycles. The van der Waals surface area contributed by atoms with Crippen LogP contribution in [0.4, 0.5) is 0 Å². The first kappa shape index (κ1) is 18.2. The zero-order valence-electron chi connectivity index (χ0n) is 8.37. The smallest absolute Gasteiger partial charge is 0.328 e. The lowest BCUT2D eigenvalue weighted by atomic mass is 10.1. The fourth-order valence-electron chi connectivity index (χ4n) is 0.986. The first-order valence-electron chi connectivity index (χ1n) is 4.28. The number of hydrogen-bond donors (Lipinski definition) is 3. The Morgan fingerprint density at radius 1 is 1.25 bits per heavy atom. The van der Waals surface area contributed by atoms with Crippen LogP contribution < -0.4 is 5.73 Å². The molecular weight excluding hydrogens is 242 g/mol. The molecule has 0 aliphatic carbocycles. The van der Waals surface area contributed by atoms with Gasteiger partial charge in [-0.2, -0.15) is 8.42 Å². The average molecular weight is 260 g/mol. The molecule has 0 fully saturated rings. The van der Waals surface area contributed by atoms with Crippen LogP contribution in [-0.4, -0.2) is 46.6 Å². The molecule has 4 N–H and O–H groups in total. The number of rotatable bonds is 2. The van der Waals surface area contributed by atoms with Crippen molar-refractivity contribution in [3.8, 4) is 0 Å². The molecule has 0 saturated heterocycles. The molecule has 0 amide bonds. The molecule has 0 spiro atoms. The van der Waals surface area contributed by atoms with Gasteiger partial charge < -0.3 is 5.73 Å². The second kappa shape index (κ2) is 8.91. The Balaban J connectivity index is 0. The number of benzene rings is 1. The molecule has 1 rings (SSSR count). The van der Waals surface area contributed by atoms with Gasteiger partial charge >= 0.3 is 33.5 Å². The van der Waals surface area contributed by atoms with Gasteiger partial charge in [0.05, 0.1) is 0 Å². The molecule has 0 aliphatic heterocycles. The van der Waals surface area contributed by atoms with Crippen LogP contribution in [-0.2, 0) is 16.8 Å². The standard InChI is InChI=1S/C9H13N.Mg.H2O4S.2H/c1-8(10)7-9-5-3-2-4-6-9;;1-5(2,3)4;;/h2-6,8H,7,10H2,1H3;;(H2,1,2,3,4);;/t8-;;;;/m0..../s1. The number of nitrogens with two attached hydrogens (primary N) is 1. The average Bonchev–Trinajstić information content (AvgIpc) is 2.01. The van der Waals surface area contributed by atoms with Gasteiger partial charge in [0.15, 0.2) is 0 Å². The van der Waals surface area contributed by atoms with E-state index in [4.69, 9.17) is 23.3 Å². The van der Waals surface area contributed by atoms with Gasteiger partial charge in [-0.25, -0.2) is 0 Å². The van der Waals surface area contributed by atoms with Crippen molar-refractivity contribution < 1.29 is 17.5 Å². The Labute approximate surface area is 112 Å². The van der Waals surface area contributed by atoms with Gasteiger partial charge in [0.2, 0.25) is 0 Å². The van der Waals surface area contributed by atoms with Crippen molar-refractivity contribution in [3.63, 3.8) is 0 Å². The predicted octanol–water partition coefficient (Wildman–Crippen LogP) is 0.00730. The van der Waals surface area contributed by atoms with Crippen LogP contribution in [0, 0.1) is 0 Å². The SMILES string of the molecule is C[C@H](N)Cc1ccccc1.O=S(=O)(O)O.[MgH2]. The summed E-state index contributed by atoms with van der Waals surface area (Å²) in [5.74, 6) is 0. The van der Waals surface area contributed by atoms with E-state index in [1.807, 2.05) is 25.1 Å². The lowest BCUT2D eigenvalue weighted by molar-refractivity contribution is 0.381. The van der Waals surface area contributed by atoms with E-state index in [2.05, 4.69) is 12.1 Å². The Hall–Kier alpha value is -0.184. The van der Waals surface area contributed by atoms with E-state index < -0.39 is 10.4 Å². The third kappa shape index (κ3) is 16.3. The maximum Gasteiger partial charge on any atom is 0.394 e. The monoisotopic (exact) mass is 259 g/mol. The zero-order chi connectivity index (χ0) is 11.9. The maximum absolute atomic E-state index is 8.74. The Bertz CT molecular complexity index is 358. The highest BCUT2D eigenvalue weighted by Crippen LogP contribution is 2.00. The second-order valence-corrected chi connectivity index (χ2v) is 4.01. The molecule has 1 aromatic rings. The second-order valence-electron chi connectivity index (χ2n) is 3.11. The Morgan fingerprint density at radius 3 is 1.94 bits per heavy atom. The zero-order valence-corrected chi connectivity index (χ0v) is 9.18. The summed E-state index contributed by atoms with van der Waals surface area (Å²) in [6.07, 6.45) is 0.973.